The fraction of sp³-hybridized carbons (Fsp3) is 0.350. The predicted octanol–water partition coefficient (Wildman–Crippen LogP) is 2.61. The van der Waals surface area contributed by atoms with Crippen molar-refractivity contribution in [2.24, 2.45) is 5.73 Å². The van der Waals surface area contributed by atoms with Crippen LogP contribution < -0.4 is 16.4 Å². The summed E-state index contributed by atoms with van der Waals surface area (Å²) >= 11 is 0. The lowest BCUT2D eigenvalue weighted by molar-refractivity contribution is -0.127. The fourth-order valence-electron chi connectivity index (χ4n) is 3.18. The monoisotopic (exact) mass is 352 g/mol. The van der Waals surface area contributed by atoms with Gasteiger partial charge in [-0.15, -0.1) is 0 Å². The Morgan fingerprint density at radius 3 is 2.31 bits per heavy atom. The number of nitrogens with zero attached hydrogens (tertiary/aromatic N) is 1. The second-order valence-corrected chi connectivity index (χ2v) is 6.79. The Kier molecular flexibility index (Phi) is 5.63. The Labute approximate surface area is 153 Å². The number of nitrogens with two attached hydrogens (primary N) is 1. The Morgan fingerprint density at radius 1 is 1.00 bits per heavy atom. The normalized spacial score (nSPS) is 15.9. The summed E-state index contributed by atoms with van der Waals surface area (Å²) in [5.74, 6) is -0.272. The average molecular weight is 352 g/mol. The maximum Gasteiger partial charge on any atom is 0.255 e. The summed E-state index contributed by atoms with van der Waals surface area (Å²) in [6.07, 6.45) is 7.89. The summed E-state index contributed by atoms with van der Waals surface area (Å²) < 4.78 is 0. The standard InChI is InChI=1S/C20H24N4O2/c21-20(10-2-1-3-11-20)19(26)23-14-15-4-6-16(7-5-15)18(25)24-17-8-12-22-13-9-17/h4-9,12-13H,1-3,10-11,14,21H2,(H,23,26)(H,22,24,25). The van der Waals surface area contributed by atoms with Crippen molar-refractivity contribution in [3.63, 3.8) is 0 Å². The van der Waals surface area contributed by atoms with E-state index in [1.807, 2.05) is 12.1 Å². The number of carbonyl (C=O) groups excluding carboxylic acids is 2. The number of pyridine rings is 1. The van der Waals surface area contributed by atoms with Gasteiger partial charge < -0.3 is 16.4 Å². The van der Waals surface area contributed by atoms with Crippen LogP contribution in [0.5, 0.6) is 0 Å². The van der Waals surface area contributed by atoms with E-state index >= 15 is 0 Å². The van der Waals surface area contributed by atoms with Gasteiger partial charge >= 0.3 is 0 Å². The van der Waals surface area contributed by atoms with E-state index in [4.69, 9.17) is 5.73 Å². The molecule has 1 saturated carbocycles. The van der Waals surface area contributed by atoms with Gasteiger partial charge in [0.2, 0.25) is 5.91 Å². The largest absolute Gasteiger partial charge is 0.350 e. The van der Waals surface area contributed by atoms with Crippen LogP contribution in [0.1, 0.15) is 48.0 Å². The van der Waals surface area contributed by atoms with Crippen molar-refractivity contribution in [1.82, 2.24) is 10.3 Å². The molecule has 1 aliphatic rings. The summed E-state index contributed by atoms with van der Waals surface area (Å²) in [7, 11) is 0. The quantitative estimate of drug-likeness (QED) is 0.770. The molecule has 2 amide bonds. The number of carbonyl (C=O) groups is 2. The first-order valence-electron chi connectivity index (χ1n) is 8.94. The molecule has 0 unspecified atom stereocenters. The molecule has 6 heteroatoms. The minimum atomic E-state index is -0.734. The summed E-state index contributed by atoms with van der Waals surface area (Å²) in [4.78, 5) is 28.5. The van der Waals surface area contributed by atoms with Crippen LogP contribution in [0.3, 0.4) is 0 Å². The third-order valence-electron chi connectivity index (χ3n) is 4.81. The smallest absolute Gasteiger partial charge is 0.255 e. The summed E-state index contributed by atoms with van der Waals surface area (Å²) in [6, 6.07) is 10.6. The van der Waals surface area contributed by atoms with Gasteiger partial charge in [0.15, 0.2) is 0 Å². The molecule has 0 aliphatic heterocycles. The summed E-state index contributed by atoms with van der Waals surface area (Å²) in [5, 5.41) is 5.74. The zero-order valence-electron chi connectivity index (χ0n) is 14.7. The molecule has 3 rings (SSSR count). The predicted molar refractivity (Wildman–Crippen MR) is 100 cm³/mol. The average Bonchev–Trinajstić information content (AvgIpc) is 2.68. The number of nitrogens with one attached hydrogen (secondary N) is 2. The number of anilines is 1. The molecule has 1 aromatic carbocycles. The van der Waals surface area contributed by atoms with Crippen LogP contribution >= 0.6 is 0 Å². The van der Waals surface area contributed by atoms with Crippen molar-refractivity contribution in [3.05, 3.63) is 59.9 Å². The molecule has 1 aromatic heterocycles. The van der Waals surface area contributed by atoms with Crippen LogP contribution in [0, 0.1) is 0 Å². The van der Waals surface area contributed by atoms with Crippen LogP contribution in [0.15, 0.2) is 48.8 Å². The van der Waals surface area contributed by atoms with E-state index in [-0.39, 0.29) is 11.8 Å². The highest BCUT2D eigenvalue weighted by atomic mass is 16.2. The second kappa shape index (κ2) is 8.10. The number of aromatic nitrogens is 1. The van der Waals surface area contributed by atoms with E-state index in [0.29, 0.717) is 17.8 Å². The molecule has 1 fully saturated rings. The maximum absolute atomic E-state index is 12.4. The Balaban J connectivity index is 1.54. The molecule has 26 heavy (non-hydrogen) atoms. The highest BCUT2D eigenvalue weighted by molar-refractivity contribution is 6.04. The van der Waals surface area contributed by atoms with Crippen LogP contribution in [0.2, 0.25) is 0 Å². The topological polar surface area (TPSA) is 97.1 Å². The molecule has 0 saturated heterocycles. The number of rotatable bonds is 5. The maximum atomic E-state index is 12.4. The van der Waals surface area contributed by atoms with E-state index in [9.17, 15) is 9.59 Å². The molecular weight excluding hydrogens is 328 g/mol. The van der Waals surface area contributed by atoms with Gasteiger partial charge in [-0.25, -0.2) is 0 Å². The molecule has 0 atom stereocenters. The van der Waals surface area contributed by atoms with Crippen molar-refractivity contribution in [2.45, 2.75) is 44.2 Å². The first kappa shape index (κ1) is 18.1. The van der Waals surface area contributed by atoms with Gasteiger partial charge in [-0.05, 0) is 42.7 Å². The van der Waals surface area contributed by atoms with E-state index in [1.54, 1.807) is 36.7 Å². The summed E-state index contributed by atoms with van der Waals surface area (Å²) in [5.41, 5.74) is 7.68. The van der Waals surface area contributed by atoms with Gasteiger partial charge in [0.1, 0.15) is 0 Å². The zero-order chi connectivity index (χ0) is 18.4. The zero-order valence-corrected chi connectivity index (χ0v) is 14.7. The highest BCUT2D eigenvalue weighted by Crippen LogP contribution is 2.26. The lowest BCUT2D eigenvalue weighted by atomic mass is 9.82. The molecule has 1 aliphatic carbocycles. The van der Waals surface area contributed by atoms with Crippen molar-refractivity contribution in [3.8, 4) is 0 Å². The van der Waals surface area contributed by atoms with Crippen LogP contribution in [0.25, 0.3) is 0 Å². The Hall–Kier alpha value is -2.73. The van der Waals surface area contributed by atoms with Crippen LogP contribution in [0.4, 0.5) is 5.69 Å². The molecule has 0 radical (unpaired) electrons. The lowest BCUT2D eigenvalue weighted by Gasteiger charge is -2.31. The third kappa shape index (κ3) is 4.46. The van der Waals surface area contributed by atoms with E-state index in [0.717, 1.165) is 37.7 Å². The molecule has 6 nitrogen and oxygen atoms in total. The number of amides is 2. The van der Waals surface area contributed by atoms with Crippen molar-refractivity contribution in [1.29, 1.82) is 0 Å². The highest BCUT2D eigenvalue weighted by Gasteiger charge is 2.34. The second-order valence-electron chi connectivity index (χ2n) is 6.79. The van der Waals surface area contributed by atoms with Crippen molar-refractivity contribution >= 4 is 17.5 Å². The molecule has 1 heterocycles. The van der Waals surface area contributed by atoms with Crippen LogP contribution in [-0.2, 0) is 11.3 Å². The van der Waals surface area contributed by atoms with E-state index in [2.05, 4.69) is 15.6 Å². The first-order chi connectivity index (χ1) is 12.6. The Morgan fingerprint density at radius 2 is 1.65 bits per heavy atom. The van der Waals surface area contributed by atoms with Crippen LogP contribution in [-0.4, -0.2) is 22.3 Å². The SMILES string of the molecule is NC1(C(=O)NCc2ccc(C(=O)Nc3ccncc3)cc2)CCCCC1. The third-order valence-corrected chi connectivity index (χ3v) is 4.81. The minimum Gasteiger partial charge on any atom is -0.350 e. The molecule has 136 valence electrons. The van der Waals surface area contributed by atoms with Crippen molar-refractivity contribution in [2.75, 3.05) is 5.32 Å². The number of hydrogen-bond donors (Lipinski definition) is 3. The molecule has 4 N–H and O–H groups in total. The minimum absolute atomic E-state index is 0.0864. The number of benzene rings is 1. The first-order valence-corrected chi connectivity index (χ1v) is 8.94. The van der Waals surface area contributed by atoms with Gasteiger partial charge in [-0.3, -0.25) is 14.6 Å². The van der Waals surface area contributed by atoms with Gasteiger partial charge in [0.05, 0.1) is 5.54 Å². The van der Waals surface area contributed by atoms with Gasteiger partial charge in [-0.2, -0.15) is 0 Å². The fourth-order valence-corrected chi connectivity index (χ4v) is 3.18. The summed E-state index contributed by atoms with van der Waals surface area (Å²) in [6.45, 7) is 0.407. The van der Waals surface area contributed by atoms with E-state index < -0.39 is 5.54 Å². The van der Waals surface area contributed by atoms with Gasteiger partial charge in [-0.1, -0.05) is 31.4 Å². The molecule has 0 spiro atoms. The molecule has 0 bridgehead atoms. The molecule has 2 aromatic rings. The molecular formula is C20H24N4O2. The van der Waals surface area contributed by atoms with E-state index in [1.165, 1.54) is 0 Å². The van der Waals surface area contributed by atoms with Crippen molar-refractivity contribution < 1.29 is 9.59 Å². The lowest BCUT2D eigenvalue weighted by Crippen LogP contribution is -2.54. The van der Waals surface area contributed by atoms with Gasteiger partial charge in [0, 0.05) is 30.2 Å². The number of hydrogen-bond acceptors (Lipinski definition) is 4. The Bertz CT molecular complexity index is 753. The van der Waals surface area contributed by atoms with Gasteiger partial charge in [0.25, 0.3) is 5.91 Å².